The maximum Gasteiger partial charge on any atom is 0.162 e. The number of hydrogen-bond donors (Lipinski definition) is 1. The van der Waals surface area contributed by atoms with E-state index in [1.807, 2.05) is 0 Å². The highest BCUT2D eigenvalue weighted by Gasteiger charge is 2.18. The van der Waals surface area contributed by atoms with Gasteiger partial charge in [-0.05, 0) is 23.8 Å². The average molecular weight is 268 g/mol. The van der Waals surface area contributed by atoms with E-state index in [1.165, 1.54) is 0 Å². The quantitative estimate of drug-likeness (QED) is 0.925. The molecule has 0 aliphatic rings. The minimum Gasteiger partial charge on any atom is -0.493 e. The summed E-state index contributed by atoms with van der Waals surface area (Å²) in [6.07, 6.45) is 1.57. The Balaban J connectivity index is 2.45. The van der Waals surface area contributed by atoms with Crippen molar-refractivity contribution in [2.24, 2.45) is 5.73 Å². The summed E-state index contributed by atoms with van der Waals surface area (Å²) in [5, 5.41) is 0.511. The molecule has 1 heterocycles. The number of rotatable bonds is 4. The van der Waals surface area contributed by atoms with Crippen LogP contribution in [0.2, 0.25) is 5.02 Å². The molecule has 0 bridgehead atoms. The van der Waals surface area contributed by atoms with Gasteiger partial charge in [0.25, 0.3) is 0 Å². The number of nitrogens with two attached hydrogens (primary N) is 1. The lowest BCUT2D eigenvalue weighted by molar-refractivity contribution is 0.354. The fraction of sp³-hybridized carbons (Fsp3) is 0.231. The van der Waals surface area contributed by atoms with Gasteiger partial charge < -0.3 is 19.6 Å². The highest BCUT2D eigenvalue weighted by molar-refractivity contribution is 6.31. The Morgan fingerprint density at radius 1 is 1.22 bits per heavy atom. The molecule has 18 heavy (non-hydrogen) atoms. The Labute approximate surface area is 110 Å². The Bertz CT molecular complexity index is 525. The summed E-state index contributed by atoms with van der Waals surface area (Å²) >= 11 is 6.19. The van der Waals surface area contributed by atoms with E-state index in [9.17, 15) is 0 Å². The molecule has 96 valence electrons. The SMILES string of the molecule is COc1cc(Cl)c(C(N)c2ccco2)cc1OC. The standard InChI is InChI=1S/C13H14ClNO3/c1-16-11-6-8(9(14)7-12(11)17-2)13(15)10-4-3-5-18-10/h3-7,13H,15H2,1-2H3. The number of benzene rings is 1. The molecular formula is C13H14ClNO3. The van der Waals surface area contributed by atoms with Crippen LogP contribution in [0.5, 0.6) is 11.5 Å². The van der Waals surface area contributed by atoms with Gasteiger partial charge in [-0.2, -0.15) is 0 Å². The van der Waals surface area contributed by atoms with Crippen LogP contribution < -0.4 is 15.2 Å². The highest BCUT2D eigenvalue weighted by atomic mass is 35.5. The van der Waals surface area contributed by atoms with E-state index in [4.69, 9.17) is 31.2 Å². The first-order chi connectivity index (χ1) is 8.67. The number of hydrogen-bond acceptors (Lipinski definition) is 4. The Morgan fingerprint density at radius 3 is 2.44 bits per heavy atom. The molecule has 0 aliphatic carbocycles. The molecule has 0 spiro atoms. The van der Waals surface area contributed by atoms with Gasteiger partial charge in [-0.3, -0.25) is 0 Å². The van der Waals surface area contributed by atoms with Crippen LogP contribution >= 0.6 is 11.6 Å². The van der Waals surface area contributed by atoms with Crippen LogP contribution in [0, 0.1) is 0 Å². The van der Waals surface area contributed by atoms with Gasteiger partial charge >= 0.3 is 0 Å². The monoisotopic (exact) mass is 267 g/mol. The van der Waals surface area contributed by atoms with Crippen molar-refractivity contribution in [1.29, 1.82) is 0 Å². The average Bonchev–Trinajstić information content (AvgIpc) is 2.91. The molecule has 1 aromatic heterocycles. The zero-order chi connectivity index (χ0) is 13.1. The van der Waals surface area contributed by atoms with E-state index >= 15 is 0 Å². The minimum absolute atomic E-state index is 0.438. The van der Waals surface area contributed by atoms with Crippen molar-refractivity contribution in [3.63, 3.8) is 0 Å². The molecule has 0 aliphatic heterocycles. The number of halogens is 1. The van der Waals surface area contributed by atoms with Gasteiger partial charge in [0.1, 0.15) is 5.76 Å². The molecular weight excluding hydrogens is 254 g/mol. The lowest BCUT2D eigenvalue weighted by atomic mass is 10.0. The predicted molar refractivity (Wildman–Crippen MR) is 69.3 cm³/mol. The molecule has 2 rings (SSSR count). The summed E-state index contributed by atoms with van der Waals surface area (Å²) < 4.78 is 15.7. The Hall–Kier alpha value is -1.65. The van der Waals surface area contributed by atoms with Crippen molar-refractivity contribution < 1.29 is 13.9 Å². The van der Waals surface area contributed by atoms with Crippen LogP contribution in [0.3, 0.4) is 0 Å². The van der Waals surface area contributed by atoms with Crippen LogP contribution in [-0.4, -0.2) is 14.2 Å². The lowest BCUT2D eigenvalue weighted by Gasteiger charge is -2.15. The third-order valence-electron chi connectivity index (χ3n) is 2.69. The minimum atomic E-state index is -0.438. The summed E-state index contributed by atoms with van der Waals surface area (Å²) in [4.78, 5) is 0. The first kappa shape index (κ1) is 12.8. The topological polar surface area (TPSA) is 57.6 Å². The molecule has 0 saturated heterocycles. The van der Waals surface area contributed by atoms with Gasteiger partial charge in [0.2, 0.25) is 0 Å². The van der Waals surface area contributed by atoms with E-state index < -0.39 is 6.04 Å². The second kappa shape index (κ2) is 5.33. The van der Waals surface area contributed by atoms with Crippen LogP contribution in [0.1, 0.15) is 17.4 Å². The van der Waals surface area contributed by atoms with Gasteiger partial charge in [0.05, 0.1) is 26.5 Å². The van der Waals surface area contributed by atoms with Gasteiger partial charge in [-0.25, -0.2) is 0 Å². The molecule has 5 heteroatoms. The number of furan rings is 1. The summed E-state index contributed by atoms with van der Waals surface area (Å²) in [7, 11) is 3.12. The highest BCUT2D eigenvalue weighted by Crippen LogP contribution is 2.36. The van der Waals surface area contributed by atoms with Gasteiger partial charge in [0.15, 0.2) is 11.5 Å². The van der Waals surface area contributed by atoms with Crippen molar-refractivity contribution in [2.75, 3.05) is 14.2 Å². The van der Waals surface area contributed by atoms with E-state index in [2.05, 4.69) is 0 Å². The normalized spacial score (nSPS) is 12.2. The van der Waals surface area contributed by atoms with Gasteiger partial charge in [0, 0.05) is 11.1 Å². The van der Waals surface area contributed by atoms with Crippen molar-refractivity contribution in [3.05, 3.63) is 46.9 Å². The predicted octanol–water partition coefficient (Wildman–Crippen LogP) is 3.00. The van der Waals surface area contributed by atoms with Crippen molar-refractivity contribution in [2.45, 2.75) is 6.04 Å². The van der Waals surface area contributed by atoms with Crippen LogP contribution in [0.25, 0.3) is 0 Å². The maximum absolute atomic E-state index is 6.19. The first-order valence-corrected chi connectivity index (χ1v) is 5.75. The second-order valence-electron chi connectivity index (χ2n) is 3.72. The molecule has 4 nitrogen and oxygen atoms in total. The first-order valence-electron chi connectivity index (χ1n) is 5.37. The smallest absolute Gasteiger partial charge is 0.162 e. The zero-order valence-electron chi connectivity index (χ0n) is 10.1. The second-order valence-corrected chi connectivity index (χ2v) is 4.13. The van der Waals surface area contributed by atoms with Crippen molar-refractivity contribution >= 4 is 11.6 Å². The third kappa shape index (κ3) is 2.30. The summed E-state index contributed by atoms with van der Waals surface area (Å²) in [6.45, 7) is 0. The van der Waals surface area contributed by atoms with E-state index in [-0.39, 0.29) is 0 Å². The number of methoxy groups -OCH3 is 2. The summed E-state index contributed by atoms with van der Waals surface area (Å²) in [5.41, 5.74) is 6.83. The third-order valence-corrected chi connectivity index (χ3v) is 3.01. The van der Waals surface area contributed by atoms with Gasteiger partial charge in [-0.1, -0.05) is 11.6 Å². The maximum atomic E-state index is 6.19. The van der Waals surface area contributed by atoms with E-state index in [0.29, 0.717) is 22.3 Å². The molecule has 0 saturated carbocycles. The number of ether oxygens (including phenoxy) is 2. The molecule has 0 radical (unpaired) electrons. The fourth-order valence-electron chi connectivity index (χ4n) is 1.73. The Kier molecular flexibility index (Phi) is 3.79. The Morgan fingerprint density at radius 2 is 1.89 bits per heavy atom. The molecule has 1 atom stereocenters. The fourth-order valence-corrected chi connectivity index (χ4v) is 2.00. The summed E-state index contributed by atoms with van der Waals surface area (Å²) in [5.74, 6) is 1.79. The van der Waals surface area contributed by atoms with Crippen LogP contribution in [0.15, 0.2) is 34.9 Å². The van der Waals surface area contributed by atoms with Gasteiger partial charge in [-0.15, -0.1) is 0 Å². The molecule has 0 amide bonds. The molecule has 1 aromatic carbocycles. The van der Waals surface area contributed by atoms with Crippen LogP contribution in [-0.2, 0) is 0 Å². The van der Waals surface area contributed by atoms with E-state index in [1.54, 1.807) is 44.7 Å². The molecule has 1 unspecified atom stereocenters. The molecule has 2 aromatic rings. The lowest BCUT2D eigenvalue weighted by Crippen LogP contribution is -2.12. The van der Waals surface area contributed by atoms with Crippen LogP contribution in [0.4, 0.5) is 0 Å². The molecule has 0 fully saturated rings. The van der Waals surface area contributed by atoms with Crippen molar-refractivity contribution in [1.82, 2.24) is 0 Å². The zero-order valence-corrected chi connectivity index (χ0v) is 10.9. The summed E-state index contributed by atoms with van der Waals surface area (Å²) in [6, 6.07) is 6.58. The van der Waals surface area contributed by atoms with E-state index in [0.717, 1.165) is 5.56 Å². The molecule has 2 N–H and O–H groups in total. The van der Waals surface area contributed by atoms with Crippen molar-refractivity contribution in [3.8, 4) is 11.5 Å². The largest absolute Gasteiger partial charge is 0.493 e.